The molecule has 2 N–H and O–H groups in total. The van der Waals surface area contributed by atoms with Crippen molar-refractivity contribution >= 4 is 39.4 Å². The standard InChI is InChI=1S/C11H12ClNO4S2/c12-8-2-1-3-9(6-8)19(16,17)13-11(10(14)15)4-5-18-7-11/h1-3,6,13H,4-5,7H2,(H,14,15). The smallest absolute Gasteiger partial charge is 0.325 e. The average molecular weight is 322 g/mol. The number of carboxylic acid groups (broad SMARTS) is 1. The molecule has 0 radical (unpaired) electrons. The summed E-state index contributed by atoms with van der Waals surface area (Å²) >= 11 is 7.17. The number of sulfonamides is 1. The number of hydrogen-bond acceptors (Lipinski definition) is 4. The molecule has 0 saturated carbocycles. The van der Waals surface area contributed by atoms with Crippen LogP contribution >= 0.6 is 23.4 Å². The number of halogens is 1. The molecule has 0 spiro atoms. The van der Waals surface area contributed by atoms with Crippen molar-refractivity contribution in [3.8, 4) is 0 Å². The van der Waals surface area contributed by atoms with Crippen molar-refractivity contribution in [2.45, 2.75) is 16.9 Å². The zero-order chi connectivity index (χ0) is 14.1. The summed E-state index contributed by atoms with van der Waals surface area (Å²) in [7, 11) is -3.90. The molecule has 1 heterocycles. The molecule has 1 aromatic rings. The number of rotatable bonds is 4. The first-order chi connectivity index (χ1) is 8.86. The summed E-state index contributed by atoms with van der Waals surface area (Å²) in [5, 5.41) is 9.55. The Hall–Kier alpha value is -0.760. The number of carboxylic acids is 1. The monoisotopic (exact) mass is 321 g/mol. The van der Waals surface area contributed by atoms with Crippen molar-refractivity contribution in [1.82, 2.24) is 4.72 Å². The molecule has 8 heteroatoms. The molecule has 5 nitrogen and oxygen atoms in total. The molecule has 0 aromatic heterocycles. The Labute approximate surface area is 120 Å². The number of carbonyl (C=O) groups is 1. The van der Waals surface area contributed by atoms with Crippen LogP contribution in [0.3, 0.4) is 0 Å². The van der Waals surface area contributed by atoms with Crippen molar-refractivity contribution < 1.29 is 18.3 Å². The Bertz CT molecular complexity index is 596. The van der Waals surface area contributed by atoms with Gasteiger partial charge in [0.1, 0.15) is 5.54 Å². The highest BCUT2D eigenvalue weighted by Gasteiger charge is 2.45. The minimum absolute atomic E-state index is 0.0301. The van der Waals surface area contributed by atoms with Gasteiger partial charge in [-0.25, -0.2) is 8.42 Å². The third-order valence-corrected chi connectivity index (χ3v) is 5.83. The van der Waals surface area contributed by atoms with Gasteiger partial charge in [0.05, 0.1) is 4.90 Å². The summed E-state index contributed by atoms with van der Waals surface area (Å²) in [5.41, 5.74) is -1.42. The van der Waals surface area contributed by atoms with E-state index in [1.54, 1.807) is 6.07 Å². The summed E-state index contributed by atoms with van der Waals surface area (Å²) in [5.74, 6) is -0.310. The highest BCUT2D eigenvalue weighted by Crippen LogP contribution is 2.30. The molecule has 1 aliphatic heterocycles. The van der Waals surface area contributed by atoms with Crippen LogP contribution in [0.1, 0.15) is 6.42 Å². The summed E-state index contributed by atoms with van der Waals surface area (Å²) < 4.78 is 26.7. The molecular formula is C11H12ClNO4S2. The van der Waals surface area contributed by atoms with Crippen molar-refractivity contribution in [2.75, 3.05) is 11.5 Å². The molecule has 104 valence electrons. The molecule has 0 amide bonds. The van der Waals surface area contributed by atoms with Gasteiger partial charge in [0, 0.05) is 10.8 Å². The van der Waals surface area contributed by atoms with Crippen LogP contribution in [0.2, 0.25) is 5.02 Å². The Kier molecular flexibility index (Phi) is 4.10. The molecule has 19 heavy (non-hydrogen) atoms. The molecule has 1 unspecified atom stereocenters. The van der Waals surface area contributed by atoms with E-state index in [-0.39, 0.29) is 22.1 Å². The Morgan fingerprint density at radius 1 is 1.47 bits per heavy atom. The van der Waals surface area contributed by atoms with Gasteiger partial charge in [-0.05, 0) is 30.4 Å². The molecule has 1 fully saturated rings. The van der Waals surface area contributed by atoms with Gasteiger partial charge in [-0.15, -0.1) is 0 Å². The SMILES string of the molecule is O=C(O)C1(NS(=O)(=O)c2cccc(Cl)c2)CCSC1. The van der Waals surface area contributed by atoms with Crippen LogP contribution in [0.5, 0.6) is 0 Å². The lowest BCUT2D eigenvalue weighted by atomic mass is 10.0. The van der Waals surface area contributed by atoms with Crippen LogP contribution in [0.15, 0.2) is 29.2 Å². The Balaban J connectivity index is 2.33. The summed E-state index contributed by atoms with van der Waals surface area (Å²) in [6.45, 7) is 0. The fourth-order valence-corrected chi connectivity index (χ4v) is 4.91. The zero-order valence-corrected chi connectivity index (χ0v) is 12.2. The van der Waals surface area contributed by atoms with Gasteiger partial charge >= 0.3 is 5.97 Å². The van der Waals surface area contributed by atoms with Gasteiger partial charge in [-0.3, -0.25) is 4.79 Å². The topological polar surface area (TPSA) is 83.5 Å². The quantitative estimate of drug-likeness (QED) is 0.879. The van der Waals surface area contributed by atoms with Gasteiger partial charge in [0.2, 0.25) is 10.0 Å². The number of aliphatic carboxylic acids is 1. The number of thioether (sulfide) groups is 1. The van der Waals surface area contributed by atoms with Crippen molar-refractivity contribution in [3.63, 3.8) is 0 Å². The van der Waals surface area contributed by atoms with Crippen LogP contribution in [0, 0.1) is 0 Å². The first-order valence-electron chi connectivity index (χ1n) is 5.46. The van der Waals surface area contributed by atoms with Gasteiger partial charge in [-0.1, -0.05) is 17.7 Å². The minimum atomic E-state index is -3.90. The fraction of sp³-hybridized carbons (Fsp3) is 0.364. The van der Waals surface area contributed by atoms with E-state index in [4.69, 9.17) is 11.6 Å². The second-order valence-electron chi connectivity index (χ2n) is 4.25. The van der Waals surface area contributed by atoms with Crippen LogP contribution in [-0.2, 0) is 14.8 Å². The molecule has 1 aliphatic rings. The Morgan fingerprint density at radius 3 is 2.74 bits per heavy atom. The van der Waals surface area contributed by atoms with Crippen LogP contribution in [0.4, 0.5) is 0 Å². The molecule has 2 rings (SSSR count). The lowest BCUT2D eigenvalue weighted by molar-refractivity contribution is -0.142. The summed E-state index contributed by atoms with van der Waals surface area (Å²) in [6.07, 6.45) is 0.271. The zero-order valence-electron chi connectivity index (χ0n) is 9.80. The maximum atomic E-state index is 12.2. The number of hydrogen-bond donors (Lipinski definition) is 2. The second-order valence-corrected chi connectivity index (χ2v) is 7.48. The van der Waals surface area contributed by atoms with Gasteiger partial charge in [-0.2, -0.15) is 16.5 Å². The predicted octanol–water partition coefficient (Wildman–Crippen LogP) is 1.58. The van der Waals surface area contributed by atoms with E-state index in [1.165, 1.54) is 30.0 Å². The second kappa shape index (κ2) is 5.32. The number of benzene rings is 1. The van der Waals surface area contributed by atoms with E-state index in [0.717, 1.165) is 0 Å². The molecule has 0 aliphatic carbocycles. The lowest BCUT2D eigenvalue weighted by Gasteiger charge is -2.24. The minimum Gasteiger partial charge on any atom is -0.480 e. The van der Waals surface area contributed by atoms with Gasteiger partial charge in [0.25, 0.3) is 0 Å². The normalized spacial score (nSPS) is 23.4. The third-order valence-electron chi connectivity index (χ3n) is 2.87. The summed E-state index contributed by atoms with van der Waals surface area (Å²) in [4.78, 5) is 11.3. The van der Waals surface area contributed by atoms with E-state index < -0.39 is 21.5 Å². The van der Waals surface area contributed by atoms with Crippen LogP contribution in [0.25, 0.3) is 0 Å². The van der Waals surface area contributed by atoms with Crippen LogP contribution < -0.4 is 4.72 Å². The van der Waals surface area contributed by atoms with E-state index >= 15 is 0 Å². The number of nitrogens with one attached hydrogen (secondary N) is 1. The van der Waals surface area contributed by atoms with E-state index in [9.17, 15) is 18.3 Å². The molecule has 1 saturated heterocycles. The molecular weight excluding hydrogens is 310 g/mol. The first kappa shape index (κ1) is 14.6. The largest absolute Gasteiger partial charge is 0.480 e. The predicted molar refractivity (Wildman–Crippen MR) is 74.1 cm³/mol. The molecule has 1 aromatic carbocycles. The van der Waals surface area contributed by atoms with Gasteiger partial charge < -0.3 is 5.11 Å². The van der Waals surface area contributed by atoms with Crippen molar-refractivity contribution in [2.24, 2.45) is 0 Å². The maximum Gasteiger partial charge on any atom is 0.325 e. The highest BCUT2D eigenvalue weighted by molar-refractivity contribution is 7.99. The summed E-state index contributed by atoms with van der Waals surface area (Å²) in [6, 6.07) is 5.74. The van der Waals surface area contributed by atoms with E-state index in [2.05, 4.69) is 4.72 Å². The first-order valence-corrected chi connectivity index (χ1v) is 8.48. The maximum absolute atomic E-state index is 12.2. The van der Waals surface area contributed by atoms with E-state index in [0.29, 0.717) is 5.75 Å². The molecule has 0 bridgehead atoms. The van der Waals surface area contributed by atoms with Crippen molar-refractivity contribution in [3.05, 3.63) is 29.3 Å². The fourth-order valence-electron chi connectivity index (χ4n) is 1.81. The Morgan fingerprint density at radius 2 is 2.21 bits per heavy atom. The van der Waals surface area contributed by atoms with E-state index in [1.807, 2.05) is 0 Å². The van der Waals surface area contributed by atoms with Crippen LogP contribution in [-0.4, -0.2) is 36.5 Å². The van der Waals surface area contributed by atoms with Gasteiger partial charge in [0.15, 0.2) is 0 Å². The average Bonchev–Trinajstić information content (AvgIpc) is 2.78. The highest BCUT2D eigenvalue weighted by atomic mass is 35.5. The van der Waals surface area contributed by atoms with Crippen molar-refractivity contribution in [1.29, 1.82) is 0 Å². The lowest BCUT2D eigenvalue weighted by Crippen LogP contribution is -2.54. The third kappa shape index (κ3) is 3.05. The molecule has 1 atom stereocenters.